The van der Waals surface area contributed by atoms with Crippen LogP contribution in [0.3, 0.4) is 0 Å². The summed E-state index contributed by atoms with van der Waals surface area (Å²) in [5.41, 5.74) is 2.14. The molecule has 0 aliphatic heterocycles. The van der Waals surface area contributed by atoms with Gasteiger partial charge in [0, 0.05) is 26.1 Å². The lowest BCUT2D eigenvalue weighted by Crippen LogP contribution is -2.29. The number of alkyl halides is 2. The minimum Gasteiger partial charge on any atom is -0.490 e. The first kappa shape index (κ1) is 23.4. The van der Waals surface area contributed by atoms with Gasteiger partial charge < -0.3 is 14.0 Å². The maximum Gasteiger partial charge on any atom is 0.387 e. The predicted octanol–water partition coefficient (Wildman–Crippen LogP) is 5.16. The monoisotopic (exact) mass is 474 g/mol. The highest BCUT2D eigenvalue weighted by atomic mass is 32.1. The van der Waals surface area contributed by atoms with E-state index in [0.29, 0.717) is 42.8 Å². The van der Waals surface area contributed by atoms with Crippen LogP contribution in [0.25, 0.3) is 0 Å². The molecule has 1 saturated carbocycles. The standard InChI is InChI=1S/C24H28F2N4O2S/c1-3-31-21-13-18(9-12-20(21)32-23(25)26)15-29(19-10-11-19)16-30-24(33)28(2)22(27-30)14-17-7-5-4-6-8-17/h4-9,12-13,19,23H,3,10-11,14-16H2,1-2H3. The van der Waals surface area contributed by atoms with E-state index in [1.54, 1.807) is 18.2 Å². The first-order valence-electron chi connectivity index (χ1n) is 11.1. The molecule has 1 heterocycles. The molecule has 33 heavy (non-hydrogen) atoms. The molecule has 0 radical (unpaired) electrons. The third kappa shape index (κ3) is 5.97. The van der Waals surface area contributed by atoms with E-state index in [4.69, 9.17) is 22.1 Å². The number of hydrogen-bond acceptors (Lipinski definition) is 5. The number of ether oxygens (including phenoxy) is 2. The lowest BCUT2D eigenvalue weighted by Gasteiger charge is -2.22. The molecule has 0 bridgehead atoms. The maximum absolute atomic E-state index is 12.7. The Morgan fingerprint density at radius 1 is 1.12 bits per heavy atom. The molecule has 0 spiro atoms. The zero-order valence-corrected chi connectivity index (χ0v) is 19.6. The zero-order valence-electron chi connectivity index (χ0n) is 18.8. The third-order valence-corrected chi connectivity index (χ3v) is 6.11. The van der Waals surface area contributed by atoms with Crippen LogP contribution in [0.1, 0.15) is 36.7 Å². The highest BCUT2D eigenvalue weighted by Gasteiger charge is 2.30. The Balaban J connectivity index is 1.52. The molecule has 3 aromatic rings. The minimum atomic E-state index is -2.89. The van der Waals surface area contributed by atoms with E-state index in [9.17, 15) is 8.78 Å². The van der Waals surface area contributed by atoms with Crippen LogP contribution >= 0.6 is 12.2 Å². The summed E-state index contributed by atoms with van der Waals surface area (Å²) >= 11 is 5.66. The Kier molecular flexibility index (Phi) is 7.39. The average molecular weight is 475 g/mol. The second-order valence-corrected chi connectivity index (χ2v) is 8.50. The van der Waals surface area contributed by atoms with E-state index >= 15 is 0 Å². The van der Waals surface area contributed by atoms with Crippen molar-refractivity contribution in [1.29, 1.82) is 0 Å². The highest BCUT2D eigenvalue weighted by molar-refractivity contribution is 7.71. The van der Waals surface area contributed by atoms with E-state index in [2.05, 4.69) is 21.8 Å². The molecule has 0 saturated heterocycles. The van der Waals surface area contributed by atoms with Crippen LogP contribution in [0.2, 0.25) is 0 Å². The van der Waals surface area contributed by atoms with E-state index in [1.807, 2.05) is 41.4 Å². The molecular formula is C24H28F2N4O2S. The number of benzene rings is 2. The highest BCUT2D eigenvalue weighted by Crippen LogP contribution is 2.33. The van der Waals surface area contributed by atoms with Crippen molar-refractivity contribution >= 4 is 12.2 Å². The van der Waals surface area contributed by atoms with Gasteiger partial charge in [0.25, 0.3) is 0 Å². The van der Waals surface area contributed by atoms with Crippen LogP contribution in [0, 0.1) is 4.77 Å². The number of hydrogen-bond donors (Lipinski definition) is 0. The van der Waals surface area contributed by atoms with Crippen molar-refractivity contribution in [2.75, 3.05) is 6.61 Å². The summed E-state index contributed by atoms with van der Waals surface area (Å²) in [4.78, 5) is 2.31. The SMILES string of the molecule is CCOc1cc(CN(Cn2nc(Cc3ccccc3)n(C)c2=S)C2CC2)ccc1OC(F)F. The number of rotatable bonds is 11. The molecule has 4 rings (SSSR count). The largest absolute Gasteiger partial charge is 0.490 e. The summed E-state index contributed by atoms with van der Waals surface area (Å²) in [5, 5.41) is 4.80. The fourth-order valence-corrected chi connectivity index (χ4v) is 4.01. The van der Waals surface area contributed by atoms with E-state index in [-0.39, 0.29) is 5.75 Å². The summed E-state index contributed by atoms with van der Waals surface area (Å²) < 4.78 is 40.0. The second kappa shape index (κ2) is 10.4. The van der Waals surface area contributed by atoms with Gasteiger partial charge in [-0.2, -0.15) is 13.9 Å². The molecule has 1 fully saturated rings. The number of halogens is 2. The summed E-state index contributed by atoms with van der Waals surface area (Å²) in [6.45, 7) is 0.472. The van der Waals surface area contributed by atoms with Crippen molar-refractivity contribution in [2.24, 2.45) is 7.05 Å². The Labute approximate surface area is 197 Å². The summed E-state index contributed by atoms with van der Waals surface area (Å²) in [5.74, 6) is 1.28. The van der Waals surface area contributed by atoms with Crippen LogP contribution < -0.4 is 9.47 Å². The van der Waals surface area contributed by atoms with Gasteiger partial charge in [-0.3, -0.25) is 4.90 Å². The molecule has 1 aromatic heterocycles. The van der Waals surface area contributed by atoms with Crippen molar-refractivity contribution < 1.29 is 18.3 Å². The Morgan fingerprint density at radius 2 is 1.88 bits per heavy atom. The Hall–Kier alpha value is -2.78. The number of aromatic nitrogens is 3. The quantitative estimate of drug-likeness (QED) is 0.359. The van der Waals surface area contributed by atoms with Gasteiger partial charge in [0.2, 0.25) is 0 Å². The average Bonchev–Trinajstić information content (AvgIpc) is 3.60. The lowest BCUT2D eigenvalue weighted by molar-refractivity contribution is -0.0514. The van der Waals surface area contributed by atoms with Crippen LogP contribution in [-0.4, -0.2) is 38.5 Å². The van der Waals surface area contributed by atoms with Crippen molar-refractivity contribution in [3.05, 3.63) is 70.3 Å². The molecule has 0 N–H and O–H groups in total. The summed E-state index contributed by atoms with van der Waals surface area (Å²) in [6.07, 6.45) is 2.94. The van der Waals surface area contributed by atoms with Crippen molar-refractivity contribution in [1.82, 2.24) is 19.2 Å². The zero-order chi connectivity index (χ0) is 23.4. The van der Waals surface area contributed by atoms with Gasteiger partial charge in [0.15, 0.2) is 16.3 Å². The van der Waals surface area contributed by atoms with Crippen LogP contribution in [-0.2, 0) is 26.7 Å². The van der Waals surface area contributed by atoms with Crippen molar-refractivity contribution in [3.63, 3.8) is 0 Å². The van der Waals surface area contributed by atoms with Gasteiger partial charge in [0.1, 0.15) is 5.82 Å². The summed E-state index contributed by atoms with van der Waals surface area (Å²) in [7, 11) is 1.95. The van der Waals surface area contributed by atoms with Crippen LogP contribution in [0.15, 0.2) is 48.5 Å². The van der Waals surface area contributed by atoms with E-state index in [1.165, 1.54) is 5.56 Å². The van der Waals surface area contributed by atoms with Gasteiger partial charge >= 0.3 is 6.61 Å². The molecule has 9 heteroatoms. The Bertz CT molecular complexity index is 1130. The predicted molar refractivity (Wildman–Crippen MR) is 124 cm³/mol. The molecular weight excluding hydrogens is 446 g/mol. The van der Waals surface area contributed by atoms with E-state index < -0.39 is 6.61 Å². The van der Waals surface area contributed by atoms with Crippen LogP contribution in [0.5, 0.6) is 11.5 Å². The fourth-order valence-electron chi connectivity index (χ4n) is 3.81. The first-order valence-corrected chi connectivity index (χ1v) is 11.5. The van der Waals surface area contributed by atoms with Gasteiger partial charge in [-0.05, 0) is 55.2 Å². The molecule has 2 aromatic carbocycles. The maximum atomic E-state index is 12.7. The van der Waals surface area contributed by atoms with Crippen molar-refractivity contribution in [2.45, 2.75) is 52.1 Å². The fraction of sp³-hybridized carbons (Fsp3) is 0.417. The molecule has 1 aliphatic carbocycles. The molecule has 0 unspecified atom stereocenters. The molecule has 0 atom stereocenters. The Morgan fingerprint density at radius 3 is 2.55 bits per heavy atom. The minimum absolute atomic E-state index is 0.0473. The topological polar surface area (TPSA) is 44.5 Å². The first-order chi connectivity index (χ1) is 15.9. The van der Waals surface area contributed by atoms with Gasteiger partial charge in [-0.15, -0.1) is 0 Å². The number of nitrogens with zero attached hydrogens (tertiary/aromatic N) is 4. The molecule has 0 amide bonds. The van der Waals surface area contributed by atoms with Gasteiger partial charge in [0.05, 0.1) is 13.3 Å². The van der Waals surface area contributed by atoms with Crippen molar-refractivity contribution in [3.8, 4) is 11.5 Å². The van der Waals surface area contributed by atoms with Crippen LogP contribution in [0.4, 0.5) is 8.78 Å². The van der Waals surface area contributed by atoms with Gasteiger partial charge in [-0.25, -0.2) is 4.68 Å². The molecule has 1 aliphatic rings. The smallest absolute Gasteiger partial charge is 0.387 e. The van der Waals surface area contributed by atoms with E-state index in [0.717, 1.165) is 24.2 Å². The second-order valence-electron chi connectivity index (χ2n) is 8.13. The lowest BCUT2D eigenvalue weighted by atomic mass is 10.1. The van der Waals surface area contributed by atoms with Gasteiger partial charge in [-0.1, -0.05) is 36.4 Å². The summed E-state index contributed by atoms with van der Waals surface area (Å²) in [6, 6.07) is 15.8. The normalized spacial score (nSPS) is 13.6. The molecule has 176 valence electrons. The third-order valence-electron chi connectivity index (χ3n) is 5.62. The molecule has 6 nitrogen and oxygen atoms in total.